The fraction of sp³-hybridized carbons (Fsp3) is 0.409. The van der Waals surface area contributed by atoms with Crippen molar-refractivity contribution in [2.45, 2.75) is 32.7 Å². The van der Waals surface area contributed by atoms with Crippen LogP contribution >= 0.6 is 0 Å². The van der Waals surface area contributed by atoms with Crippen LogP contribution in [0.4, 0.5) is 17.3 Å². The van der Waals surface area contributed by atoms with Gasteiger partial charge < -0.3 is 26.6 Å². The van der Waals surface area contributed by atoms with Crippen molar-refractivity contribution in [1.82, 2.24) is 15.6 Å². The second-order valence-corrected chi connectivity index (χ2v) is 7.36. The lowest BCUT2D eigenvalue weighted by Crippen LogP contribution is -2.41. The number of nitrogens with one attached hydrogen (secondary N) is 3. The van der Waals surface area contributed by atoms with Gasteiger partial charge in [0, 0.05) is 26.3 Å². The number of aromatic nitrogens is 1. The third kappa shape index (κ3) is 5.93. The average Bonchev–Trinajstić information content (AvgIpc) is 2.72. The largest absolute Gasteiger partial charge is 0.365 e. The molecule has 5 N–H and O–H groups in total. The van der Waals surface area contributed by atoms with Crippen molar-refractivity contribution in [3.8, 4) is 0 Å². The molecule has 0 bridgehead atoms. The van der Waals surface area contributed by atoms with E-state index < -0.39 is 5.91 Å². The Morgan fingerprint density at radius 1 is 1.23 bits per heavy atom. The van der Waals surface area contributed by atoms with E-state index in [9.17, 15) is 9.59 Å². The van der Waals surface area contributed by atoms with E-state index in [4.69, 9.17) is 5.73 Å². The molecule has 1 aromatic heterocycles. The van der Waals surface area contributed by atoms with Gasteiger partial charge in [-0.2, -0.15) is 0 Å². The first-order valence-corrected chi connectivity index (χ1v) is 10.1. The molecule has 0 saturated heterocycles. The van der Waals surface area contributed by atoms with Gasteiger partial charge in [-0.3, -0.25) is 9.59 Å². The SMILES string of the molecule is CCc1cc(C(N)=O)c(Nc2cccc(CCNC(=O)[C@H](C)NC)c2)nc1N(C)C. The zero-order valence-electron chi connectivity index (χ0n) is 18.4. The number of aryl methyl sites for hydroxylation is 1. The third-order valence-corrected chi connectivity index (χ3v) is 4.88. The molecule has 2 amide bonds. The highest BCUT2D eigenvalue weighted by Gasteiger charge is 2.16. The predicted octanol–water partition coefficient (Wildman–Crippen LogP) is 1.82. The molecule has 8 nitrogen and oxygen atoms in total. The van der Waals surface area contributed by atoms with Crippen LogP contribution in [0.2, 0.25) is 0 Å². The van der Waals surface area contributed by atoms with Crippen molar-refractivity contribution in [2.24, 2.45) is 5.73 Å². The number of carbonyl (C=O) groups is 2. The van der Waals surface area contributed by atoms with Gasteiger partial charge in [-0.15, -0.1) is 0 Å². The molecule has 162 valence electrons. The first-order valence-electron chi connectivity index (χ1n) is 10.1. The minimum absolute atomic E-state index is 0.0330. The van der Waals surface area contributed by atoms with Crippen LogP contribution in [0.1, 0.15) is 35.3 Å². The number of hydrogen-bond acceptors (Lipinski definition) is 6. The molecule has 8 heteroatoms. The summed E-state index contributed by atoms with van der Waals surface area (Å²) < 4.78 is 0. The number of carbonyl (C=O) groups excluding carboxylic acids is 2. The van der Waals surface area contributed by atoms with E-state index in [2.05, 4.69) is 20.9 Å². The summed E-state index contributed by atoms with van der Waals surface area (Å²) in [6.07, 6.45) is 1.43. The normalized spacial score (nSPS) is 11.6. The second kappa shape index (κ2) is 10.6. The molecule has 1 aromatic carbocycles. The zero-order chi connectivity index (χ0) is 22.3. The number of anilines is 3. The molecular formula is C22H32N6O2. The van der Waals surface area contributed by atoms with Crippen molar-refractivity contribution < 1.29 is 9.59 Å². The highest BCUT2D eigenvalue weighted by Crippen LogP contribution is 2.26. The Morgan fingerprint density at radius 3 is 2.57 bits per heavy atom. The van der Waals surface area contributed by atoms with Gasteiger partial charge in [0.15, 0.2) is 0 Å². The molecule has 0 aliphatic carbocycles. The van der Waals surface area contributed by atoms with Gasteiger partial charge in [0.25, 0.3) is 5.91 Å². The summed E-state index contributed by atoms with van der Waals surface area (Å²) in [4.78, 5) is 30.4. The van der Waals surface area contributed by atoms with Crippen LogP contribution in [0.3, 0.4) is 0 Å². The first-order chi connectivity index (χ1) is 14.3. The van der Waals surface area contributed by atoms with E-state index in [-0.39, 0.29) is 11.9 Å². The molecule has 30 heavy (non-hydrogen) atoms. The minimum Gasteiger partial charge on any atom is -0.365 e. The Kier molecular flexibility index (Phi) is 8.17. The van der Waals surface area contributed by atoms with Crippen LogP contribution in [0, 0.1) is 0 Å². The molecule has 0 unspecified atom stereocenters. The molecule has 0 spiro atoms. The Balaban J connectivity index is 2.20. The van der Waals surface area contributed by atoms with E-state index in [0.717, 1.165) is 29.1 Å². The lowest BCUT2D eigenvalue weighted by Gasteiger charge is -2.19. The van der Waals surface area contributed by atoms with E-state index in [1.165, 1.54) is 0 Å². The number of pyridine rings is 1. The standard InChI is InChI=1S/C22H32N6O2/c1-6-16-13-18(19(23)29)20(27-21(16)28(4)5)26-17-9-7-8-15(12-17)10-11-25-22(30)14(2)24-3/h7-9,12-14,24H,6,10-11H2,1-5H3,(H2,23,29)(H,25,30)(H,26,27)/t14-/m0/s1. The topological polar surface area (TPSA) is 112 Å². The summed E-state index contributed by atoms with van der Waals surface area (Å²) in [7, 11) is 5.58. The van der Waals surface area contributed by atoms with Crippen molar-refractivity contribution in [1.29, 1.82) is 0 Å². The van der Waals surface area contributed by atoms with Gasteiger partial charge in [0.2, 0.25) is 5.91 Å². The summed E-state index contributed by atoms with van der Waals surface area (Å²) in [6, 6.07) is 9.37. The first kappa shape index (κ1) is 23.2. The lowest BCUT2D eigenvalue weighted by molar-refractivity contribution is -0.122. The van der Waals surface area contributed by atoms with Crippen molar-refractivity contribution in [3.05, 3.63) is 47.0 Å². The molecule has 0 aliphatic heterocycles. The van der Waals surface area contributed by atoms with Crippen LogP contribution < -0.4 is 26.6 Å². The molecule has 0 radical (unpaired) electrons. The maximum Gasteiger partial charge on any atom is 0.252 e. The van der Waals surface area contributed by atoms with E-state index in [0.29, 0.717) is 24.3 Å². The summed E-state index contributed by atoms with van der Waals surface area (Å²) in [5, 5.41) is 9.05. The summed E-state index contributed by atoms with van der Waals surface area (Å²) in [6.45, 7) is 4.37. The van der Waals surface area contributed by atoms with Crippen molar-refractivity contribution >= 4 is 29.1 Å². The molecule has 0 fully saturated rings. The Morgan fingerprint density at radius 2 is 1.97 bits per heavy atom. The smallest absolute Gasteiger partial charge is 0.252 e. The number of rotatable bonds is 10. The van der Waals surface area contributed by atoms with Gasteiger partial charge in [-0.1, -0.05) is 19.1 Å². The van der Waals surface area contributed by atoms with Crippen molar-refractivity contribution in [3.63, 3.8) is 0 Å². The lowest BCUT2D eigenvalue weighted by atomic mass is 10.1. The number of hydrogen-bond donors (Lipinski definition) is 4. The molecule has 2 aromatic rings. The zero-order valence-corrected chi connectivity index (χ0v) is 18.4. The van der Waals surface area contributed by atoms with Crippen LogP contribution in [0.5, 0.6) is 0 Å². The number of amides is 2. The molecule has 0 aliphatic rings. The molecule has 2 rings (SSSR count). The number of primary amides is 1. The molecule has 1 heterocycles. The number of nitrogens with zero attached hydrogens (tertiary/aromatic N) is 2. The number of benzene rings is 1. The predicted molar refractivity (Wildman–Crippen MR) is 121 cm³/mol. The van der Waals surface area contributed by atoms with Gasteiger partial charge in [-0.05, 0) is 56.1 Å². The number of likely N-dealkylation sites (N-methyl/N-ethyl adjacent to an activating group) is 1. The average molecular weight is 413 g/mol. The van der Waals surface area contributed by atoms with Gasteiger partial charge in [0.05, 0.1) is 11.6 Å². The molecule has 1 atom stereocenters. The van der Waals surface area contributed by atoms with Gasteiger partial charge in [0.1, 0.15) is 11.6 Å². The Hall–Kier alpha value is -3.13. The fourth-order valence-electron chi connectivity index (χ4n) is 3.03. The monoisotopic (exact) mass is 412 g/mol. The van der Waals surface area contributed by atoms with E-state index in [1.807, 2.05) is 57.1 Å². The van der Waals surface area contributed by atoms with Crippen LogP contribution in [0.15, 0.2) is 30.3 Å². The summed E-state index contributed by atoms with van der Waals surface area (Å²) in [5.74, 6) is 0.663. The summed E-state index contributed by atoms with van der Waals surface area (Å²) >= 11 is 0. The number of nitrogens with two attached hydrogens (primary N) is 1. The summed E-state index contributed by atoms with van der Waals surface area (Å²) in [5.41, 5.74) is 8.76. The molecular weight excluding hydrogens is 380 g/mol. The Bertz CT molecular complexity index is 897. The maximum absolute atomic E-state index is 12.0. The minimum atomic E-state index is -0.525. The molecule has 0 saturated carbocycles. The van der Waals surface area contributed by atoms with Crippen LogP contribution in [0.25, 0.3) is 0 Å². The quantitative estimate of drug-likeness (QED) is 0.474. The van der Waals surface area contributed by atoms with E-state index >= 15 is 0 Å². The van der Waals surface area contributed by atoms with E-state index in [1.54, 1.807) is 13.1 Å². The Labute approximate surface area is 178 Å². The van der Waals surface area contributed by atoms with Crippen LogP contribution in [-0.4, -0.2) is 50.5 Å². The second-order valence-electron chi connectivity index (χ2n) is 7.36. The highest BCUT2D eigenvalue weighted by atomic mass is 16.2. The van der Waals surface area contributed by atoms with Gasteiger partial charge in [-0.25, -0.2) is 4.98 Å². The van der Waals surface area contributed by atoms with Crippen LogP contribution in [-0.2, 0) is 17.6 Å². The van der Waals surface area contributed by atoms with Crippen molar-refractivity contribution in [2.75, 3.05) is 37.9 Å². The highest BCUT2D eigenvalue weighted by molar-refractivity contribution is 5.99. The fourth-order valence-corrected chi connectivity index (χ4v) is 3.03. The maximum atomic E-state index is 12.0. The third-order valence-electron chi connectivity index (χ3n) is 4.88. The van der Waals surface area contributed by atoms with Gasteiger partial charge >= 0.3 is 0 Å².